The molecule has 0 aliphatic heterocycles. The van der Waals surface area contributed by atoms with Gasteiger partial charge < -0.3 is 9.99 Å². The first kappa shape index (κ1) is 13.4. The van der Waals surface area contributed by atoms with Crippen LogP contribution in [0.1, 0.15) is 40.5 Å². The molecular formula is C10H20O4. The lowest BCUT2D eigenvalue weighted by Gasteiger charge is -2.24. The van der Waals surface area contributed by atoms with Crippen LogP contribution >= 0.6 is 0 Å². The smallest absolute Gasteiger partial charge is 0.347 e. The van der Waals surface area contributed by atoms with E-state index >= 15 is 0 Å². The van der Waals surface area contributed by atoms with Gasteiger partial charge in [0, 0.05) is 0 Å². The molecule has 0 fully saturated rings. The monoisotopic (exact) mass is 204 g/mol. The van der Waals surface area contributed by atoms with Crippen LogP contribution in [0.25, 0.3) is 0 Å². The van der Waals surface area contributed by atoms with Crippen molar-refractivity contribution >= 4 is 5.97 Å². The summed E-state index contributed by atoms with van der Waals surface area (Å²) in [4.78, 5) is 14.8. The van der Waals surface area contributed by atoms with E-state index in [-0.39, 0.29) is 12.0 Å². The number of carbonyl (C=O) groups is 1. The molecule has 0 saturated heterocycles. The third kappa shape index (κ3) is 4.58. The van der Waals surface area contributed by atoms with Crippen molar-refractivity contribution in [2.75, 3.05) is 0 Å². The summed E-state index contributed by atoms with van der Waals surface area (Å²) < 4.78 is 0. The number of aliphatic hydroxyl groups excluding tert-OH is 1. The average molecular weight is 204 g/mol. The maximum Gasteiger partial charge on any atom is 0.347 e. The van der Waals surface area contributed by atoms with Crippen LogP contribution in [0.5, 0.6) is 0 Å². The van der Waals surface area contributed by atoms with Gasteiger partial charge in [-0.15, -0.1) is 0 Å². The summed E-state index contributed by atoms with van der Waals surface area (Å²) in [6, 6.07) is 0. The molecule has 4 heteroatoms. The summed E-state index contributed by atoms with van der Waals surface area (Å²) in [5.41, 5.74) is -0.705. The van der Waals surface area contributed by atoms with Crippen molar-refractivity contribution in [2.45, 2.75) is 46.6 Å². The molecule has 0 spiro atoms. The minimum absolute atomic E-state index is 0.212. The van der Waals surface area contributed by atoms with Crippen LogP contribution in [0.2, 0.25) is 0 Å². The Morgan fingerprint density at radius 2 is 1.93 bits per heavy atom. The average Bonchev–Trinajstić information content (AvgIpc) is 1.99. The Morgan fingerprint density at radius 3 is 2.29 bits per heavy atom. The Bertz CT molecular complexity index is 187. The molecule has 2 unspecified atom stereocenters. The fourth-order valence-corrected chi connectivity index (χ4v) is 1.74. The molecule has 0 bridgehead atoms. The third-order valence-electron chi connectivity index (χ3n) is 2.24. The topological polar surface area (TPSA) is 66.8 Å². The standard InChI is InChI=1S/C10H20O4/c1-7(5-8(2)11)6-10(3,4)9(12)14-13/h7-8,11,13H,5-6H2,1-4H3. The molecule has 0 saturated carbocycles. The highest BCUT2D eigenvalue weighted by Gasteiger charge is 2.31. The van der Waals surface area contributed by atoms with Crippen LogP contribution in [-0.2, 0) is 9.68 Å². The van der Waals surface area contributed by atoms with Crippen molar-refractivity contribution in [3.05, 3.63) is 0 Å². The lowest BCUT2D eigenvalue weighted by Crippen LogP contribution is -2.28. The first-order valence-corrected chi connectivity index (χ1v) is 4.83. The van der Waals surface area contributed by atoms with E-state index in [9.17, 15) is 4.79 Å². The molecule has 0 aliphatic rings. The van der Waals surface area contributed by atoms with Crippen molar-refractivity contribution in [2.24, 2.45) is 11.3 Å². The minimum atomic E-state index is -0.705. The van der Waals surface area contributed by atoms with E-state index in [1.54, 1.807) is 20.8 Å². The molecule has 0 aromatic carbocycles. The van der Waals surface area contributed by atoms with Crippen molar-refractivity contribution in [1.82, 2.24) is 0 Å². The summed E-state index contributed by atoms with van der Waals surface area (Å²) in [6.07, 6.45) is 0.852. The minimum Gasteiger partial charge on any atom is -0.393 e. The number of aliphatic hydroxyl groups is 1. The van der Waals surface area contributed by atoms with Crippen molar-refractivity contribution in [3.8, 4) is 0 Å². The Kier molecular flexibility index (Phi) is 5.08. The molecule has 0 radical (unpaired) electrons. The maximum atomic E-state index is 11.1. The predicted molar refractivity (Wildman–Crippen MR) is 52.6 cm³/mol. The second-order valence-electron chi connectivity index (χ2n) is 4.66. The molecule has 0 amide bonds. The maximum absolute atomic E-state index is 11.1. The Hall–Kier alpha value is -0.610. The van der Waals surface area contributed by atoms with E-state index in [0.717, 1.165) is 0 Å². The van der Waals surface area contributed by atoms with Gasteiger partial charge in [0.05, 0.1) is 11.5 Å². The molecule has 84 valence electrons. The quantitative estimate of drug-likeness (QED) is 0.529. The molecule has 0 heterocycles. The molecule has 0 aromatic rings. The van der Waals surface area contributed by atoms with Gasteiger partial charge in [-0.05, 0) is 39.5 Å². The van der Waals surface area contributed by atoms with E-state index in [1.165, 1.54) is 0 Å². The van der Waals surface area contributed by atoms with Gasteiger partial charge in [-0.25, -0.2) is 4.79 Å². The summed E-state index contributed by atoms with van der Waals surface area (Å²) >= 11 is 0. The largest absolute Gasteiger partial charge is 0.393 e. The summed E-state index contributed by atoms with van der Waals surface area (Å²) in [5, 5.41) is 17.4. The van der Waals surface area contributed by atoms with Crippen LogP contribution in [0.4, 0.5) is 0 Å². The highest BCUT2D eigenvalue weighted by molar-refractivity contribution is 5.75. The summed E-state index contributed by atoms with van der Waals surface area (Å²) in [6.45, 7) is 7.10. The second kappa shape index (κ2) is 5.32. The zero-order valence-electron chi connectivity index (χ0n) is 9.28. The predicted octanol–water partition coefficient (Wildman–Crippen LogP) is 1.83. The number of rotatable bonds is 5. The zero-order chi connectivity index (χ0) is 11.4. The van der Waals surface area contributed by atoms with Gasteiger partial charge in [-0.2, -0.15) is 5.26 Å². The molecule has 0 rings (SSSR count). The Morgan fingerprint density at radius 1 is 1.43 bits per heavy atom. The van der Waals surface area contributed by atoms with Crippen LogP contribution in [0.3, 0.4) is 0 Å². The van der Waals surface area contributed by atoms with Crippen molar-refractivity contribution < 1.29 is 20.0 Å². The van der Waals surface area contributed by atoms with E-state index < -0.39 is 11.4 Å². The van der Waals surface area contributed by atoms with Gasteiger partial charge in [0.1, 0.15) is 0 Å². The number of hydrogen-bond donors (Lipinski definition) is 2. The fourth-order valence-electron chi connectivity index (χ4n) is 1.74. The molecule has 14 heavy (non-hydrogen) atoms. The van der Waals surface area contributed by atoms with Crippen LogP contribution in [0, 0.1) is 11.3 Å². The lowest BCUT2D eigenvalue weighted by atomic mass is 9.82. The van der Waals surface area contributed by atoms with E-state index in [2.05, 4.69) is 4.89 Å². The van der Waals surface area contributed by atoms with Crippen LogP contribution < -0.4 is 0 Å². The fraction of sp³-hybridized carbons (Fsp3) is 0.900. The molecule has 2 N–H and O–H groups in total. The van der Waals surface area contributed by atoms with Crippen molar-refractivity contribution in [1.29, 1.82) is 0 Å². The molecule has 0 aliphatic carbocycles. The normalized spacial score (nSPS) is 16.1. The van der Waals surface area contributed by atoms with Crippen LogP contribution in [-0.4, -0.2) is 22.4 Å². The van der Waals surface area contributed by atoms with Crippen molar-refractivity contribution in [3.63, 3.8) is 0 Å². The molecule has 2 atom stereocenters. The highest BCUT2D eigenvalue weighted by Crippen LogP contribution is 2.28. The van der Waals surface area contributed by atoms with Gasteiger partial charge in [0.15, 0.2) is 0 Å². The van der Waals surface area contributed by atoms with Gasteiger partial charge in [-0.3, -0.25) is 0 Å². The van der Waals surface area contributed by atoms with Gasteiger partial charge in [0.2, 0.25) is 0 Å². The second-order valence-corrected chi connectivity index (χ2v) is 4.66. The first-order valence-electron chi connectivity index (χ1n) is 4.83. The zero-order valence-corrected chi connectivity index (χ0v) is 9.28. The summed E-state index contributed by atoms with van der Waals surface area (Å²) in [7, 11) is 0. The van der Waals surface area contributed by atoms with E-state index in [4.69, 9.17) is 10.4 Å². The van der Waals surface area contributed by atoms with Crippen LogP contribution in [0.15, 0.2) is 0 Å². The first-order chi connectivity index (χ1) is 6.29. The van der Waals surface area contributed by atoms with Gasteiger partial charge in [0.25, 0.3) is 0 Å². The Labute approximate surface area is 84.8 Å². The third-order valence-corrected chi connectivity index (χ3v) is 2.24. The summed E-state index contributed by atoms with van der Waals surface area (Å²) in [5.74, 6) is -0.418. The van der Waals surface area contributed by atoms with Gasteiger partial charge in [-0.1, -0.05) is 6.92 Å². The lowest BCUT2D eigenvalue weighted by molar-refractivity contribution is -0.244. The number of hydrogen-bond acceptors (Lipinski definition) is 4. The van der Waals surface area contributed by atoms with Gasteiger partial charge >= 0.3 is 5.97 Å². The highest BCUT2D eigenvalue weighted by atomic mass is 17.1. The van der Waals surface area contributed by atoms with E-state index in [0.29, 0.717) is 12.8 Å². The van der Waals surface area contributed by atoms with E-state index in [1.807, 2.05) is 6.92 Å². The molecule has 0 aromatic heterocycles. The molecule has 4 nitrogen and oxygen atoms in total. The number of carbonyl (C=O) groups excluding carboxylic acids is 1. The SMILES string of the molecule is CC(O)CC(C)CC(C)(C)C(=O)OO. The Balaban J connectivity index is 4.14. The molecular weight excluding hydrogens is 184 g/mol.